The third-order valence-corrected chi connectivity index (χ3v) is 3.45. The maximum atomic E-state index is 13.7. The average molecular weight is 241 g/mol. The fourth-order valence-corrected chi connectivity index (χ4v) is 2.30. The number of hydrogen-bond acceptors (Lipinski definition) is 2. The maximum absolute atomic E-state index is 13.7. The SMILES string of the molecule is Cc1ccc(C(O)C2CCNCC2)c(F)c1F. The van der Waals surface area contributed by atoms with Gasteiger partial charge in [0.15, 0.2) is 11.6 Å². The van der Waals surface area contributed by atoms with Crippen LogP contribution in [0.15, 0.2) is 12.1 Å². The van der Waals surface area contributed by atoms with E-state index in [4.69, 9.17) is 0 Å². The summed E-state index contributed by atoms with van der Waals surface area (Å²) in [6, 6.07) is 3.00. The number of hydrogen-bond donors (Lipinski definition) is 2. The van der Waals surface area contributed by atoms with E-state index in [1.54, 1.807) is 0 Å². The van der Waals surface area contributed by atoms with E-state index in [1.807, 2.05) is 0 Å². The molecule has 0 aromatic heterocycles. The van der Waals surface area contributed by atoms with Gasteiger partial charge in [-0.2, -0.15) is 0 Å². The Balaban J connectivity index is 2.24. The Hall–Kier alpha value is -1.00. The lowest BCUT2D eigenvalue weighted by molar-refractivity contribution is 0.0849. The molecule has 17 heavy (non-hydrogen) atoms. The molecule has 1 saturated heterocycles. The summed E-state index contributed by atoms with van der Waals surface area (Å²) in [5.41, 5.74) is 0.351. The number of aliphatic hydroxyl groups is 1. The largest absolute Gasteiger partial charge is 0.388 e. The van der Waals surface area contributed by atoms with E-state index < -0.39 is 17.7 Å². The second kappa shape index (κ2) is 5.10. The molecule has 1 aromatic carbocycles. The molecule has 1 atom stereocenters. The highest BCUT2D eigenvalue weighted by molar-refractivity contribution is 5.27. The van der Waals surface area contributed by atoms with E-state index in [0.29, 0.717) is 0 Å². The summed E-state index contributed by atoms with van der Waals surface area (Å²) in [5, 5.41) is 13.3. The molecular formula is C13H17F2NO. The van der Waals surface area contributed by atoms with Gasteiger partial charge in [-0.15, -0.1) is 0 Å². The van der Waals surface area contributed by atoms with Crippen molar-refractivity contribution in [2.24, 2.45) is 5.92 Å². The summed E-state index contributed by atoms with van der Waals surface area (Å²) in [7, 11) is 0. The highest BCUT2D eigenvalue weighted by atomic mass is 19.2. The molecule has 0 aliphatic carbocycles. The van der Waals surface area contributed by atoms with Crippen LogP contribution in [-0.2, 0) is 0 Å². The Labute approximate surface area is 99.7 Å². The molecule has 2 rings (SSSR count). The van der Waals surface area contributed by atoms with Gasteiger partial charge in [0.1, 0.15) is 0 Å². The highest BCUT2D eigenvalue weighted by Gasteiger charge is 2.26. The summed E-state index contributed by atoms with van der Waals surface area (Å²) in [6.45, 7) is 3.15. The number of piperidine rings is 1. The van der Waals surface area contributed by atoms with Gasteiger partial charge in [-0.1, -0.05) is 12.1 Å². The summed E-state index contributed by atoms with van der Waals surface area (Å²) < 4.78 is 27.1. The van der Waals surface area contributed by atoms with E-state index in [1.165, 1.54) is 19.1 Å². The zero-order valence-electron chi connectivity index (χ0n) is 9.84. The minimum atomic E-state index is -0.910. The quantitative estimate of drug-likeness (QED) is 0.832. The fourth-order valence-electron chi connectivity index (χ4n) is 2.30. The van der Waals surface area contributed by atoms with Crippen LogP contribution < -0.4 is 5.32 Å². The van der Waals surface area contributed by atoms with Crippen molar-refractivity contribution in [2.75, 3.05) is 13.1 Å². The molecular weight excluding hydrogens is 224 g/mol. The maximum Gasteiger partial charge on any atom is 0.164 e. The smallest absolute Gasteiger partial charge is 0.164 e. The molecule has 2 nitrogen and oxygen atoms in total. The molecule has 0 spiro atoms. The number of benzene rings is 1. The zero-order chi connectivity index (χ0) is 12.4. The van der Waals surface area contributed by atoms with Gasteiger partial charge in [0, 0.05) is 5.56 Å². The second-order valence-electron chi connectivity index (χ2n) is 4.63. The molecule has 0 radical (unpaired) electrons. The van der Waals surface area contributed by atoms with Gasteiger partial charge in [0.05, 0.1) is 6.10 Å². The minimum absolute atomic E-state index is 0.00727. The van der Waals surface area contributed by atoms with Crippen LogP contribution in [0.3, 0.4) is 0 Å². The molecule has 1 fully saturated rings. The van der Waals surface area contributed by atoms with Crippen LogP contribution >= 0.6 is 0 Å². The van der Waals surface area contributed by atoms with Crippen LogP contribution in [0, 0.1) is 24.5 Å². The molecule has 4 heteroatoms. The molecule has 0 saturated carbocycles. The topological polar surface area (TPSA) is 32.3 Å². The van der Waals surface area contributed by atoms with Crippen LogP contribution in [0.2, 0.25) is 0 Å². The fraction of sp³-hybridized carbons (Fsp3) is 0.538. The van der Waals surface area contributed by atoms with Crippen molar-refractivity contribution in [3.8, 4) is 0 Å². The third-order valence-electron chi connectivity index (χ3n) is 3.45. The second-order valence-corrected chi connectivity index (χ2v) is 4.63. The molecule has 1 aliphatic heterocycles. The van der Waals surface area contributed by atoms with E-state index in [-0.39, 0.29) is 17.0 Å². The lowest BCUT2D eigenvalue weighted by Crippen LogP contribution is -2.31. The van der Waals surface area contributed by atoms with Gasteiger partial charge in [-0.25, -0.2) is 8.78 Å². The van der Waals surface area contributed by atoms with Crippen LogP contribution in [0.4, 0.5) is 8.78 Å². The predicted molar refractivity (Wildman–Crippen MR) is 61.6 cm³/mol. The lowest BCUT2D eigenvalue weighted by atomic mass is 9.87. The number of nitrogens with one attached hydrogen (secondary N) is 1. The van der Waals surface area contributed by atoms with Gasteiger partial charge >= 0.3 is 0 Å². The summed E-state index contributed by atoms with van der Waals surface area (Å²) in [4.78, 5) is 0. The Bertz CT molecular complexity index is 403. The van der Waals surface area contributed by atoms with Crippen LogP contribution in [0.5, 0.6) is 0 Å². The van der Waals surface area contributed by atoms with Crippen molar-refractivity contribution in [1.29, 1.82) is 0 Å². The van der Waals surface area contributed by atoms with Crippen molar-refractivity contribution < 1.29 is 13.9 Å². The number of rotatable bonds is 2. The number of aliphatic hydroxyl groups excluding tert-OH is 1. The Morgan fingerprint density at radius 1 is 1.24 bits per heavy atom. The molecule has 0 bridgehead atoms. The van der Waals surface area contributed by atoms with Crippen molar-refractivity contribution in [2.45, 2.75) is 25.9 Å². The van der Waals surface area contributed by atoms with Gasteiger partial charge in [0.25, 0.3) is 0 Å². The average Bonchev–Trinajstić information content (AvgIpc) is 2.36. The van der Waals surface area contributed by atoms with Gasteiger partial charge < -0.3 is 10.4 Å². The monoisotopic (exact) mass is 241 g/mol. The third kappa shape index (κ3) is 2.48. The summed E-state index contributed by atoms with van der Waals surface area (Å²) in [6.07, 6.45) is 0.666. The number of aryl methyl sites for hydroxylation is 1. The summed E-state index contributed by atoms with van der Waals surface area (Å²) in [5.74, 6) is -1.75. The molecule has 1 heterocycles. The van der Waals surface area contributed by atoms with Gasteiger partial charge in [0.2, 0.25) is 0 Å². The normalized spacial score (nSPS) is 19.3. The molecule has 1 aliphatic rings. The first kappa shape index (κ1) is 12.5. The van der Waals surface area contributed by atoms with Crippen molar-refractivity contribution in [3.05, 3.63) is 34.9 Å². The van der Waals surface area contributed by atoms with E-state index in [0.717, 1.165) is 25.9 Å². The standard InChI is InChI=1S/C13H17F2NO/c1-8-2-3-10(12(15)11(8)14)13(17)9-4-6-16-7-5-9/h2-3,9,13,16-17H,4-7H2,1H3. The zero-order valence-corrected chi connectivity index (χ0v) is 9.84. The molecule has 0 amide bonds. The predicted octanol–water partition coefficient (Wildman–Crippen LogP) is 2.31. The Kier molecular flexibility index (Phi) is 3.74. The van der Waals surface area contributed by atoms with Crippen LogP contribution in [0.1, 0.15) is 30.1 Å². The molecule has 2 N–H and O–H groups in total. The van der Waals surface area contributed by atoms with Crippen LogP contribution in [-0.4, -0.2) is 18.2 Å². The molecule has 94 valence electrons. The summed E-state index contributed by atoms with van der Waals surface area (Å²) >= 11 is 0. The lowest BCUT2D eigenvalue weighted by Gasteiger charge is -2.27. The van der Waals surface area contributed by atoms with E-state index in [9.17, 15) is 13.9 Å². The van der Waals surface area contributed by atoms with Gasteiger partial charge in [-0.05, 0) is 44.3 Å². The molecule has 1 aromatic rings. The Morgan fingerprint density at radius 2 is 1.88 bits per heavy atom. The van der Waals surface area contributed by atoms with E-state index >= 15 is 0 Å². The van der Waals surface area contributed by atoms with Crippen molar-refractivity contribution in [1.82, 2.24) is 5.32 Å². The molecule has 1 unspecified atom stereocenters. The van der Waals surface area contributed by atoms with Crippen molar-refractivity contribution >= 4 is 0 Å². The first-order valence-electron chi connectivity index (χ1n) is 5.94. The Morgan fingerprint density at radius 3 is 2.53 bits per heavy atom. The first-order chi connectivity index (χ1) is 8.11. The van der Waals surface area contributed by atoms with E-state index in [2.05, 4.69) is 5.32 Å². The minimum Gasteiger partial charge on any atom is -0.388 e. The van der Waals surface area contributed by atoms with Gasteiger partial charge in [-0.3, -0.25) is 0 Å². The van der Waals surface area contributed by atoms with Crippen molar-refractivity contribution in [3.63, 3.8) is 0 Å². The highest BCUT2D eigenvalue weighted by Crippen LogP contribution is 2.31. The number of halogens is 2. The first-order valence-corrected chi connectivity index (χ1v) is 5.94. The van der Waals surface area contributed by atoms with Crippen LogP contribution in [0.25, 0.3) is 0 Å².